The molecule has 0 atom stereocenters. The summed E-state index contributed by atoms with van der Waals surface area (Å²) >= 11 is 0. The number of allylic oxidation sites excluding steroid dienone is 4. The molecule has 2 aliphatic rings. The summed E-state index contributed by atoms with van der Waals surface area (Å²) < 4.78 is 11.5. The molecule has 0 amide bonds. The van der Waals surface area contributed by atoms with Crippen LogP contribution in [0, 0.1) is 0 Å². The number of ether oxygens (including phenoxy) is 2. The molecule has 0 aliphatic carbocycles. The molecule has 0 radical (unpaired) electrons. The van der Waals surface area contributed by atoms with E-state index in [1.165, 1.54) is 11.3 Å². The number of piperidine rings is 1. The highest BCUT2D eigenvalue weighted by Crippen LogP contribution is 2.32. The lowest BCUT2D eigenvalue weighted by Gasteiger charge is -2.39. The quantitative estimate of drug-likeness (QED) is 0.719. The largest absolute Gasteiger partial charge is 0.375 e. The van der Waals surface area contributed by atoms with Gasteiger partial charge < -0.3 is 14.4 Å². The van der Waals surface area contributed by atoms with Crippen molar-refractivity contribution in [1.29, 1.82) is 0 Å². The van der Waals surface area contributed by atoms with Gasteiger partial charge >= 0.3 is 0 Å². The molecule has 2 fully saturated rings. The Kier molecular flexibility index (Phi) is 4.46. The monoisotopic (exact) mass is 251 g/mol. The predicted octanol–water partition coefficient (Wildman–Crippen LogP) is 3.09. The second kappa shape index (κ2) is 5.89. The molecule has 2 saturated heterocycles. The van der Waals surface area contributed by atoms with Crippen molar-refractivity contribution in [3.05, 3.63) is 23.4 Å². The van der Waals surface area contributed by atoms with Gasteiger partial charge in [-0.15, -0.1) is 0 Å². The van der Waals surface area contributed by atoms with Crippen LogP contribution in [0.3, 0.4) is 0 Å². The Balaban J connectivity index is 1.89. The summed E-state index contributed by atoms with van der Waals surface area (Å²) in [6.45, 7) is 10.1. The Morgan fingerprint density at radius 1 is 1.11 bits per heavy atom. The maximum absolute atomic E-state index is 5.74. The SMILES string of the molecule is CC/C(C)=C\C=C(/C)N1CCC2(CC1)OCCO2. The molecular weight excluding hydrogens is 226 g/mol. The topological polar surface area (TPSA) is 21.7 Å². The Bertz CT molecular complexity index is 330. The van der Waals surface area contributed by atoms with E-state index in [1.807, 2.05) is 0 Å². The standard InChI is InChI=1S/C15H25NO2/c1-4-13(2)5-6-14(3)16-9-7-15(8-10-16)17-11-12-18-15/h5-6H,4,7-12H2,1-3H3/b13-5-,14-6+. The summed E-state index contributed by atoms with van der Waals surface area (Å²) in [4.78, 5) is 2.43. The minimum Gasteiger partial charge on any atom is -0.375 e. The van der Waals surface area contributed by atoms with Crippen molar-refractivity contribution < 1.29 is 9.47 Å². The van der Waals surface area contributed by atoms with E-state index in [0.717, 1.165) is 45.6 Å². The van der Waals surface area contributed by atoms with Crippen molar-refractivity contribution in [2.75, 3.05) is 26.3 Å². The van der Waals surface area contributed by atoms with Crippen LogP contribution in [0.4, 0.5) is 0 Å². The van der Waals surface area contributed by atoms with Crippen molar-refractivity contribution in [3.63, 3.8) is 0 Å². The minimum atomic E-state index is -0.258. The van der Waals surface area contributed by atoms with Crippen LogP contribution in [0.25, 0.3) is 0 Å². The Morgan fingerprint density at radius 3 is 2.28 bits per heavy atom. The van der Waals surface area contributed by atoms with Gasteiger partial charge in [-0.3, -0.25) is 0 Å². The predicted molar refractivity (Wildman–Crippen MR) is 73.2 cm³/mol. The smallest absolute Gasteiger partial charge is 0.171 e. The first-order valence-corrected chi connectivity index (χ1v) is 7.02. The molecule has 2 rings (SSSR count). The summed E-state index contributed by atoms with van der Waals surface area (Å²) in [7, 11) is 0. The van der Waals surface area contributed by atoms with Crippen LogP contribution < -0.4 is 0 Å². The van der Waals surface area contributed by atoms with E-state index in [1.54, 1.807) is 0 Å². The normalized spacial score (nSPS) is 24.9. The maximum Gasteiger partial charge on any atom is 0.171 e. The molecule has 18 heavy (non-hydrogen) atoms. The molecule has 0 bridgehead atoms. The number of hydrogen-bond acceptors (Lipinski definition) is 3. The molecular formula is C15H25NO2. The minimum absolute atomic E-state index is 0.258. The first kappa shape index (κ1) is 13.6. The number of nitrogens with zero attached hydrogens (tertiary/aromatic N) is 1. The molecule has 0 aromatic rings. The molecule has 0 aromatic heterocycles. The Morgan fingerprint density at radius 2 is 1.72 bits per heavy atom. The van der Waals surface area contributed by atoms with Crippen LogP contribution in [0.15, 0.2) is 23.4 Å². The number of likely N-dealkylation sites (tertiary alicyclic amines) is 1. The van der Waals surface area contributed by atoms with Gasteiger partial charge in [-0.1, -0.05) is 18.6 Å². The fourth-order valence-corrected chi connectivity index (χ4v) is 2.47. The highest BCUT2D eigenvalue weighted by molar-refractivity contribution is 5.15. The van der Waals surface area contributed by atoms with E-state index in [9.17, 15) is 0 Å². The lowest BCUT2D eigenvalue weighted by molar-refractivity contribution is -0.182. The molecule has 3 nitrogen and oxygen atoms in total. The molecule has 1 spiro atoms. The fourth-order valence-electron chi connectivity index (χ4n) is 2.47. The van der Waals surface area contributed by atoms with Gasteiger partial charge in [0.15, 0.2) is 5.79 Å². The van der Waals surface area contributed by atoms with E-state index in [4.69, 9.17) is 9.47 Å². The van der Waals surface area contributed by atoms with Crippen molar-refractivity contribution in [2.24, 2.45) is 0 Å². The molecule has 0 unspecified atom stereocenters. The van der Waals surface area contributed by atoms with E-state index < -0.39 is 0 Å². The average molecular weight is 251 g/mol. The zero-order valence-corrected chi connectivity index (χ0v) is 11.9. The average Bonchev–Trinajstić information content (AvgIpc) is 2.84. The van der Waals surface area contributed by atoms with Crippen LogP contribution >= 0.6 is 0 Å². The lowest BCUT2D eigenvalue weighted by Crippen LogP contribution is -2.44. The highest BCUT2D eigenvalue weighted by Gasteiger charge is 2.39. The van der Waals surface area contributed by atoms with Crippen molar-refractivity contribution >= 4 is 0 Å². The highest BCUT2D eigenvalue weighted by atomic mass is 16.7. The first-order chi connectivity index (χ1) is 8.65. The van der Waals surface area contributed by atoms with Gasteiger partial charge in [0.2, 0.25) is 0 Å². The second-order valence-corrected chi connectivity index (χ2v) is 5.27. The molecule has 0 saturated carbocycles. The van der Waals surface area contributed by atoms with Crippen molar-refractivity contribution in [2.45, 2.75) is 45.8 Å². The third kappa shape index (κ3) is 3.15. The Hall–Kier alpha value is -0.800. The van der Waals surface area contributed by atoms with Gasteiger partial charge in [-0.2, -0.15) is 0 Å². The lowest BCUT2D eigenvalue weighted by atomic mass is 10.0. The van der Waals surface area contributed by atoms with E-state index in [-0.39, 0.29) is 5.79 Å². The summed E-state index contributed by atoms with van der Waals surface area (Å²) in [6.07, 6.45) is 7.54. The van der Waals surface area contributed by atoms with Gasteiger partial charge in [0.05, 0.1) is 13.2 Å². The van der Waals surface area contributed by atoms with Crippen LogP contribution in [0.2, 0.25) is 0 Å². The van der Waals surface area contributed by atoms with Gasteiger partial charge in [-0.05, 0) is 26.3 Å². The third-order valence-corrected chi connectivity index (χ3v) is 4.00. The summed E-state index contributed by atoms with van der Waals surface area (Å²) in [5.74, 6) is -0.258. The van der Waals surface area contributed by atoms with Crippen LogP contribution in [0.1, 0.15) is 40.0 Å². The molecule has 0 aromatic carbocycles. The van der Waals surface area contributed by atoms with Crippen LogP contribution in [0.5, 0.6) is 0 Å². The molecule has 102 valence electrons. The first-order valence-electron chi connectivity index (χ1n) is 7.02. The van der Waals surface area contributed by atoms with Gasteiger partial charge in [0, 0.05) is 31.6 Å². The molecule has 0 N–H and O–H groups in total. The zero-order chi connectivity index (χ0) is 13.0. The molecule has 2 aliphatic heterocycles. The van der Waals surface area contributed by atoms with Crippen LogP contribution in [-0.2, 0) is 9.47 Å². The van der Waals surface area contributed by atoms with Gasteiger partial charge in [0.25, 0.3) is 0 Å². The number of rotatable bonds is 3. The zero-order valence-electron chi connectivity index (χ0n) is 11.9. The number of hydrogen-bond donors (Lipinski definition) is 0. The van der Waals surface area contributed by atoms with Gasteiger partial charge in [-0.25, -0.2) is 0 Å². The van der Waals surface area contributed by atoms with E-state index in [0.29, 0.717) is 0 Å². The second-order valence-electron chi connectivity index (χ2n) is 5.27. The van der Waals surface area contributed by atoms with Gasteiger partial charge in [0.1, 0.15) is 0 Å². The summed E-state index contributed by atoms with van der Waals surface area (Å²) in [6, 6.07) is 0. The third-order valence-electron chi connectivity index (χ3n) is 4.00. The molecule has 2 heterocycles. The maximum atomic E-state index is 5.74. The van der Waals surface area contributed by atoms with Crippen molar-refractivity contribution in [3.8, 4) is 0 Å². The Labute approximate surface area is 110 Å². The van der Waals surface area contributed by atoms with Crippen LogP contribution in [-0.4, -0.2) is 37.0 Å². The van der Waals surface area contributed by atoms with E-state index >= 15 is 0 Å². The summed E-state index contributed by atoms with van der Waals surface area (Å²) in [5, 5.41) is 0. The van der Waals surface area contributed by atoms with E-state index in [2.05, 4.69) is 37.8 Å². The summed E-state index contributed by atoms with van der Waals surface area (Å²) in [5.41, 5.74) is 2.76. The van der Waals surface area contributed by atoms with Crippen molar-refractivity contribution in [1.82, 2.24) is 4.90 Å². The molecule has 3 heteroatoms. The fraction of sp³-hybridized carbons (Fsp3) is 0.733.